The number of pyridine rings is 2. The number of aliphatic hydroxyl groups excluding tert-OH is 1. The van der Waals surface area contributed by atoms with E-state index >= 15 is 0 Å². The monoisotopic (exact) mass is 512 g/mol. The van der Waals surface area contributed by atoms with E-state index in [1.807, 2.05) is 38.1 Å². The lowest BCUT2D eigenvalue weighted by molar-refractivity contribution is 0.0455. The summed E-state index contributed by atoms with van der Waals surface area (Å²) in [5, 5.41) is 30.3. The first-order chi connectivity index (χ1) is 17.3. The number of rotatable bonds is 9. The molecule has 36 heavy (non-hydrogen) atoms. The van der Waals surface area contributed by atoms with E-state index < -0.39 is 5.41 Å². The Balaban J connectivity index is 1.39. The normalized spacial score (nSPS) is 22.0. The molecule has 2 aliphatic rings. The van der Waals surface area contributed by atoms with Crippen LogP contribution in [0.2, 0.25) is 5.02 Å². The summed E-state index contributed by atoms with van der Waals surface area (Å²) in [5.74, 6) is 1.50. The molecule has 1 aliphatic heterocycles. The van der Waals surface area contributed by atoms with E-state index in [0.29, 0.717) is 42.7 Å². The average molecular weight is 513 g/mol. The minimum Gasteiger partial charge on any atom is -0.394 e. The van der Waals surface area contributed by atoms with Crippen molar-refractivity contribution < 1.29 is 9.84 Å². The highest BCUT2D eigenvalue weighted by atomic mass is 35.5. The lowest BCUT2D eigenvalue weighted by Crippen LogP contribution is -2.50. The van der Waals surface area contributed by atoms with Gasteiger partial charge in [0, 0.05) is 49.1 Å². The maximum atomic E-state index is 9.72. The van der Waals surface area contributed by atoms with Crippen molar-refractivity contribution in [2.24, 2.45) is 5.41 Å². The van der Waals surface area contributed by atoms with Gasteiger partial charge in [-0.1, -0.05) is 17.7 Å². The maximum Gasteiger partial charge on any atom is 0.126 e. The van der Waals surface area contributed by atoms with Crippen LogP contribution in [0.4, 0.5) is 11.6 Å². The van der Waals surface area contributed by atoms with Gasteiger partial charge in [-0.15, -0.1) is 0 Å². The highest BCUT2D eigenvalue weighted by Crippen LogP contribution is 2.32. The molecule has 0 spiro atoms. The molecule has 4 N–H and O–H groups in total. The Kier molecular flexibility index (Phi) is 8.68. The van der Waals surface area contributed by atoms with Crippen molar-refractivity contribution in [2.75, 3.05) is 37.0 Å². The number of nitrogens with one attached hydrogen (secondary N) is 3. The molecule has 0 unspecified atom stereocenters. The molecule has 1 saturated heterocycles. The first-order valence-electron chi connectivity index (χ1n) is 12.8. The first-order valence-corrected chi connectivity index (χ1v) is 13.2. The van der Waals surface area contributed by atoms with Crippen molar-refractivity contribution >= 4 is 23.2 Å². The van der Waals surface area contributed by atoms with Crippen molar-refractivity contribution in [3.63, 3.8) is 0 Å². The van der Waals surface area contributed by atoms with Crippen molar-refractivity contribution in [1.82, 2.24) is 15.3 Å². The molecule has 0 radical (unpaired) electrons. The smallest absolute Gasteiger partial charge is 0.126 e. The Labute approximate surface area is 218 Å². The number of hydrogen-bond acceptors (Lipinski definition) is 8. The van der Waals surface area contributed by atoms with Crippen molar-refractivity contribution in [3.05, 3.63) is 35.5 Å². The second kappa shape index (κ2) is 11.7. The minimum atomic E-state index is -0.427. The molecule has 8 nitrogen and oxygen atoms in total. The van der Waals surface area contributed by atoms with Crippen molar-refractivity contribution in [1.29, 1.82) is 5.26 Å². The molecule has 1 aliphatic carbocycles. The van der Waals surface area contributed by atoms with Gasteiger partial charge in [-0.05, 0) is 70.6 Å². The number of hydrogen-bond donors (Lipinski definition) is 4. The van der Waals surface area contributed by atoms with Gasteiger partial charge in [0.1, 0.15) is 11.6 Å². The molecular weight excluding hydrogens is 476 g/mol. The summed E-state index contributed by atoms with van der Waals surface area (Å²) in [5.41, 5.74) is 0.893. The van der Waals surface area contributed by atoms with Crippen LogP contribution in [0.15, 0.2) is 30.5 Å². The lowest BCUT2D eigenvalue weighted by atomic mass is 9.82. The van der Waals surface area contributed by atoms with Gasteiger partial charge in [-0.2, -0.15) is 5.26 Å². The summed E-state index contributed by atoms with van der Waals surface area (Å²) in [7, 11) is 0. The molecule has 194 valence electrons. The highest BCUT2D eigenvalue weighted by molar-refractivity contribution is 6.33. The molecule has 1 saturated carbocycles. The second-order valence-electron chi connectivity index (χ2n) is 10.7. The Bertz CT molecular complexity index is 1060. The number of aliphatic hydroxyl groups is 1. The Morgan fingerprint density at radius 1 is 1.17 bits per heavy atom. The van der Waals surface area contributed by atoms with E-state index in [2.05, 4.69) is 27.0 Å². The van der Waals surface area contributed by atoms with E-state index in [1.54, 1.807) is 6.20 Å². The highest BCUT2D eigenvalue weighted by Gasteiger charge is 2.32. The lowest BCUT2D eigenvalue weighted by Gasteiger charge is -2.35. The molecule has 2 aromatic rings. The van der Waals surface area contributed by atoms with Gasteiger partial charge in [-0.3, -0.25) is 0 Å². The van der Waals surface area contributed by atoms with E-state index in [0.717, 1.165) is 55.6 Å². The Hall–Kier alpha value is -2.44. The molecule has 2 fully saturated rings. The molecule has 0 aromatic carbocycles. The quantitative estimate of drug-likeness (QED) is 0.385. The van der Waals surface area contributed by atoms with Crippen molar-refractivity contribution in [3.8, 4) is 17.3 Å². The number of nitriles is 1. The Morgan fingerprint density at radius 3 is 2.58 bits per heavy atom. The van der Waals surface area contributed by atoms with Crippen LogP contribution in [-0.2, 0) is 4.74 Å². The van der Waals surface area contributed by atoms with Gasteiger partial charge in [0.05, 0.1) is 28.8 Å². The fraction of sp³-hybridized carbons (Fsp3) is 0.593. The number of nitrogens with zero attached hydrogens (tertiary/aromatic N) is 3. The first kappa shape index (κ1) is 26.6. The summed E-state index contributed by atoms with van der Waals surface area (Å²) in [6.45, 7) is 5.95. The van der Waals surface area contributed by atoms with Gasteiger partial charge >= 0.3 is 0 Å². The predicted octanol–water partition coefficient (Wildman–Crippen LogP) is 4.61. The number of anilines is 2. The molecule has 0 bridgehead atoms. The van der Waals surface area contributed by atoms with Gasteiger partial charge in [0.2, 0.25) is 0 Å². The van der Waals surface area contributed by atoms with E-state index in [1.165, 1.54) is 0 Å². The summed E-state index contributed by atoms with van der Waals surface area (Å²) >= 11 is 6.53. The standard InChI is InChI=1S/C27H37ClN6O2/c1-26(2,18-35)34-20-8-6-19(7-9-20)32-25-14-21(22(28)15-30-25)23-4-3-5-24(33-23)31-17-27(16-29)10-12-36-13-11-27/h3-5,14-15,19-20,34-35H,6-13,17-18H2,1-2H3,(H,30,32)(H,31,33). The van der Waals surface area contributed by atoms with Crippen LogP contribution in [0.3, 0.4) is 0 Å². The van der Waals surface area contributed by atoms with Crippen LogP contribution < -0.4 is 16.0 Å². The zero-order valence-electron chi connectivity index (χ0n) is 21.2. The summed E-state index contributed by atoms with van der Waals surface area (Å²) < 4.78 is 5.43. The van der Waals surface area contributed by atoms with Crippen LogP contribution in [0.1, 0.15) is 52.4 Å². The largest absolute Gasteiger partial charge is 0.394 e. The van der Waals surface area contributed by atoms with E-state index in [-0.39, 0.29) is 12.1 Å². The zero-order chi connectivity index (χ0) is 25.6. The molecule has 2 aromatic heterocycles. The fourth-order valence-electron chi connectivity index (χ4n) is 4.94. The fourth-order valence-corrected chi connectivity index (χ4v) is 5.14. The molecule has 0 amide bonds. The summed E-state index contributed by atoms with van der Waals surface area (Å²) in [4.78, 5) is 9.28. The topological polar surface area (TPSA) is 115 Å². The SMILES string of the molecule is CC(C)(CO)NC1CCC(Nc2cc(-c3cccc(NCC4(C#N)CCOCC4)n3)c(Cl)cn2)CC1. The van der Waals surface area contributed by atoms with Crippen LogP contribution >= 0.6 is 11.6 Å². The second-order valence-corrected chi connectivity index (χ2v) is 11.1. The van der Waals surface area contributed by atoms with Crippen LogP contribution in [0.5, 0.6) is 0 Å². The molecule has 9 heteroatoms. The van der Waals surface area contributed by atoms with E-state index in [4.69, 9.17) is 21.3 Å². The predicted molar refractivity (Wildman–Crippen MR) is 143 cm³/mol. The van der Waals surface area contributed by atoms with Gasteiger partial charge < -0.3 is 25.8 Å². The molecule has 3 heterocycles. The average Bonchev–Trinajstić information content (AvgIpc) is 2.90. The van der Waals surface area contributed by atoms with Crippen LogP contribution in [0.25, 0.3) is 11.3 Å². The van der Waals surface area contributed by atoms with E-state index in [9.17, 15) is 10.4 Å². The van der Waals surface area contributed by atoms with Crippen molar-refractivity contribution in [2.45, 2.75) is 70.0 Å². The summed E-state index contributed by atoms with van der Waals surface area (Å²) in [6, 6.07) is 11.0. The minimum absolute atomic E-state index is 0.127. The third-order valence-electron chi connectivity index (χ3n) is 7.24. The van der Waals surface area contributed by atoms with Gasteiger partial charge in [-0.25, -0.2) is 9.97 Å². The van der Waals surface area contributed by atoms with Crippen LogP contribution in [-0.4, -0.2) is 59.1 Å². The number of halogens is 1. The number of aromatic nitrogens is 2. The number of ether oxygens (including phenoxy) is 1. The van der Waals surface area contributed by atoms with Gasteiger partial charge in [0.25, 0.3) is 0 Å². The molecular formula is C27H37ClN6O2. The third kappa shape index (κ3) is 6.86. The third-order valence-corrected chi connectivity index (χ3v) is 7.55. The molecule has 0 atom stereocenters. The summed E-state index contributed by atoms with van der Waals surface area (Å²) in [6.07, 6.45) is 7.27. The van der Waals surface area contributed by atoms with Gasteiger partial charge in [0.15, 0.2) is 0 Å². The van der Waals surface area contributed by atoms with Crippen LogP contribution in [0, 0.1) is 16.7 Å². The maximum absolute atomic E-state index is 9.72. The molecule has 4 rings (SSSR count). The Morgan fingerprint density at radius 2 is 1.89 bits per heavy atom. The zero-order valence-corrected chi connectivity index (χ0v) is 21.9.